The summed E-state index contributed by atoms with van der Waals surface area (Å²) in [7, 11) is 1.50. The van der Waals surface area contributed by atoms with Crippen molar-refractivity contribution in [3.63, 3.8) is 0 Å². The van der Waals surface area contributed by atoms with E-state index in [0.29, 0.717) is 28.6 Å². The Bertz CT molecular complexity index is 637. The molecule has 0 bridgehead atoms. The number of methoxy groups -OCH3 is 1. The molecule has 2 aromatic rings. The number of aliphatic carboxylic acids is 1. The van der Waals surface area contributed by atoms with Gasteiger partial charge in [0.15, 0.2) is 0 Å². The highest BCUT2D eigenvalue weighted by molar-refractivity contribution is 6.30. The van der Waals surface area contributed by atoms with Crippen molar-refractivity contribution in [1.82, 2.24) is 9.78 Å². The molecule has 0 atom stereocenters. The topological polar surface area (TPSA) is 64.4 Å². The van der Waals surface area contributed by atoms with Gasteiger partial charge in [0.1, 0.15) is 0 Å². The minimum atomic E-state index is -0.913. The largest absolute Gasteiger partial charge is 0.481 e. The Hall–Kier alpha value is -2.01. The SMILES string of the molecule is CCc1nn(-c2cccc(Cl)c2)c(OC)c1CC(=O)O. The van der Waals surface area contributed by atoms with Crippen molar-refractivity contribution < 1.29 is 14.6 Å². The van der Waals surface area contributed by atoms with Crippen molar-refractivity contribution in [3.05, 3.63) is 40.5 Å². The van der Waals surface area contributed by atoms with Gasteiger partial charge in [0.2, 0.25) is 5.88 Å². The lowest BCUT2D eigenvalue weighted by atomic mass is 10.1. The molecular formula is C14H15ClN2O3. The van der Waals surface area contributed by atoms with Gasteiger partial charge in [-0.2, -0.15) is 5.10 Å². The molecule has 0 unspecified atom stereocenters. The third kappa shape index (κ3) is 2.77. The van der Waals surface area contributed by atoms with Crippen LogP contribution in [0, 0.1) is 0 Å². The molecule has 1 aromatic carbocycles. The van der Waals surface area contributed by atoms with Crippen LogP contribution in [-0.4, -0.2) is 28.0 Å². The average molecular weight is 295 g/mol. The van der Waals surface area contributed by atoms with Crippen molar-refractivity contribution in [2.75, 3.05) is 7.11 Å². The lowest BCUT2D eigenvalue weighted by molar-refractivity contribution is -0.136. The predicted octanol–water partition coefficient (Wildman–Crippen LogP) is 2.72. The van der Waals surface area contributed by atoms with Crippen LogP contribution < -0.4 is 4.74 Å². The van der Waals surface area contributed by atoms with E-state index in [1.54, 1.807) is 22.9 Å². The maximum Gasteiger partial charge on any atom is 0.308 e. The standard InChI is InChI=1S/C14H15ClN2O3/c1-3-12-11(8-13(18)19)14(20-2)17(16-12)10-6-4-5-9(15)7-10/h4-7H,3,8H2,1-2H3,(H,18,19). The molecule has 0 aliphatic heterocycles. The highest BCUT2D eigenvalue weighted by Crippen LogP contribution is 2.28. The first-order chi connectivity index (χ1) is 9.56. The van der Waals surface area contributed by atoms with Gasteiger partial charge in [-0.05, 0) is 24.6 Å². The molecule has 106 valence electrons. The van der Waals surface area contributed by atoms with E-state index in [-0.39, 0.29) is 6.42 Å². The Morgan fingerprint density at radius 1 is 1.50 bits per heavy atom. The van der Waals surface area contributed by atoms with Gasteiger partial charge in [-0.25, -0.2) is 4.68 Å². The number of hydrogen-bond acceptors (Lipinski definition) is 3. The molecule has 6 heteroatoms. The zero-order valence-corrected chi connectivity index (χ0v) is 12.0. The zero-order valence-electron chi connectivity index (χ0n) is 11.3. The van der Waals surface area contributed by atoms with E-state index < -0.39 is 5.97 Å². The highest BCUT2D eigenvalue weighted by Gasteiger charge is 2.20. The molecule has 0 saturated carbocycles. The van der Waals surface area contributed by atoms with E-state index >= 15 is 0 Å². The number of rotatable bonds is 5. The fraction of sp³-hybridized carbons (Fsp3) is 0.286. The van der Waals surface area contributed by atoms with Gasteiger partial charge in [-0.3, -0.25) is 4.79 Å². The summed E-state index contributed by atoms with van der Waals surface area (Å²) in [6, 6.07) is 7.16. The Labute approximate surface area is 121 Å². The van der Waals surface area contributed by atoms with Crippen LogP contribution >= 0.6 is 11.6 Å². The third-order valence-corrected chi connectivity index (χ3v) is 3.16. The van der Waals surface area contributed by atoms with Gasteiger partial charge in [0.05, 0.1) is 24.9 Å². The molecule has 1 heterocycles. The van der Waals surface area contributed by atoms with Gasteiger partial charge in [-0.15, -0.1) is 0 Å². The minimum absolute atomic E-state index is 0.118. The fourth-order valence-electron chi connectivity index (χ4n) is 2.08. The van der Waals surface area contributed by atoms with Crippen molar-refractivity contribution in [2.24, 2.45) is 0 Å². The molecule has 0 fully saturated rings. The molecule has 5 nitrogen and oxygen atoms in total. The maximum absolute atomic E-state index is 11.0. The second-order valence-electron chi connectivity index (χ2n) is 4.25. The van der Waals surface area contributed by atoms with Crippen LogP contribution in [0.4, 0.5) is 0 Å². The Balaban J connectivity index is 2.59. The molecule has 0 aliphatic rings. The Kier molecular flexibility index (Phi) is 4.29. The fourth-order valence-corrected chi connectivity index (χ4v) is 2.27. The van der Waals surface area contributed by atoms with Crippen LogP contribution in [0.2, 0.25) is 5.02 Å². The van der Waals surface area contributed by atoms with Gasteiger partial charge in [-0.1, -0.05) is 24.6 Å². The van der Waals surface area contributed by atoms with Crippen LogP contribution in [0.3, 0.4) is 0 Å². The molecule has 0 radical (unpaired) electrons. The molecule has 0 aliphatic carbocycles. The van der Waals surface area contributed by atoms with Crippen LogP contribution in [-0.2, 0) is 17.6 Å². The van der Waals surface area contributed by atoms with Gasteiger partial charge in [0.25, 0.3) is 0 Å². The summed E-state index contributed by atoms with van der Waals surface area (Å²) >= 11 is 5.98. The first kappa shape index (κ1) is 14.4. The van der Waals surface area contributed by atoms with Gasteiger partial charge >= 0.3 is 5.97 Å². The van der Waals surface area contributed by atoms with Crippen molar-refractivity contribution in [2.45, 2.75) is 19.8 Å². The number of carboxylic acid groups (broad SMARTS) is 1. The number of aryl methyl sites for hydroxylation is 1. The highest BCUT2D eigenvalue weighted by atomic mass is 35.5. The second-order valence-corrected chi connectivity index (χ2v) is 4.69. The molecular weight excluding hydrogens is 280 g/mol. The maximum atomic E-state index is 11.0. The summed E-state index contributed by atoms with van der Waals surface area (Å²) < 4.78 is 6.93. The molecule has 2 rings (SSSR count). The molecule has 20 heavy (non-hydrogen) atoms. The number of halogens is 1. The van der Waals surface area contributed by atoms with E-state index in [4.69, 9.17) is 21.4 Å². The number of nitrogens with zero attached hydrogens (tertiary/aromatic N) is 2. The number of carbonyl (C=O) groups is 1. The monoisotopic (exact) mass is 294 g/mol. The van der Waals surface area contributed by atoms with E-state index in [0.717, 1.165) is 5.69 Å². The third-order valence-electron chi connectivity index (χ3n) is 2.93. The minimum Gasteiger partial charge on any atom is -0.481 e. The van der Waals surface area contributed by atoms with Crippen LogP contribution in [0.1, 0.15) is 18.2 Å². The number of ether oxygens (including phenoxy) is 1. The summed E-state index contributed by atoms with van der Waals surface area (Å²) in [4.78, 5) is 11.0. The Morgan fingerprint density at radius 2 is 2.25 bits per heavy atom. The number of carboxylic acids is 1. The lowest BCUT2D eigenvalue weighted by Gasteiger charge is -2.07. The summed E-state index contributed by atoms with van der Waals surface area (Å²) in [6.45, 7) is 1.93. The molecule has 0 amide bonds. The summed E-state index contributed by atoms with van der Waals surface area (Å²) in [6.07, 6.45) is 0.513. The zero-order chi connectivity index (χ0) is 14.7. The summed E-state index contributed by atoms with van der Waals surface area (Å²) in [5.74, 6) is -0.477. The van der Waals surface area contributed by atoms with E-state index in [2.05, 4.69) is 5.10 Å². The summed E-state index contributed by atoms with van der Waals surface area (Å²) in [5.41, 5.74) is 2.05. The molecule has 1 N–H and O–H groups in total. The Morgan fingerprint density at radius 3 is 2.80 bits per heavy atom. The van der Waals surface area contributed by atoms with Gasteiger partial charge in [0, 0.05) is 10.6 Å². The molecule has 0 saturated heterocycles. The number of hydrogen-bond donors (Lipinski definition) is 1. The van der Waals surface area contributed by atoms with Crippen molar-refractivity contribution >= 4 is 17.6 Å². The second kappa shape index (κ2) is 5.96. The quantitative estimate of drug-likeness (QED) is 0.921. The number of aromatic nitrogens is 2. The summed E-state index contributed by atoms with van der Waals surface area (Å²) in [5, 5.41) is 14.0. The van der Waals surface area contributed by atoms with E-state index in [9.17, 15) is 4.79 Å². The van der Waals surface area contributed by atoms with Crippen LogP contribution in [0.15, 0.2) is 24.3 Å². The molecule has 1 aromatic heterocycles. The first-order valence-corrected chi connectivity index (χ1v) is 6.57. The van der Waals surface area contributed by atoms with Crippen LogP contribution in [0.25, 0.3) is 5.69 Å². The lowest BCUT2D eigenvalue weighted by Crippen LogP contribution is -2.04. The van der Waals surface area contributed by atoms with Crippen molar-refractivity contribution in [1.29, 1.82) is 0 Å². The molecule has 0 spiro atoms. The predicted molar refractivity (Wildman–Crippen MR) is 75.8 cm³/mol. The van der Waals surface area contributed by atoms with Crippen molar-refractivity contribution in [3.8, 4) is 11.6 Å². The first-order valence-electron chi connectivity index (χ1n) is 6.19. The smallest absolute Gasteiger partial charge is 0.308 e. The van der Waals surface area contributed by atoms with E-state index in [1.807, 2.05) is 13.0 Å². The number of benzene rings is 1. The van der Waals surface area contributed by atoms with Gasteiger partial charge < -0.3 is 9.84 Å². The average Bonchev–Trinajstić information content (AvgIpc) is 2.75. The van der Waals surface area contributed by atoms with Crippen LogP contribution in [0.5, 0.6) is 5.88 Å². The normalized spacial score (nSPS) is 10.6. The van der Waals surface area contributed by atoms with E-state index in [1.165, 1.54) is 7.11 Å².